The molecule has 4 heteroatoms. The Balaban J connectivity index is 2.74. The van der Waals surface area contributed by atoms with Gasteiger partial charge in [0, 0.05) is 5.56 Å². The molecule has 0 aliphatic rings. The van der Waals surface area contributed by atoms with E-state index in [1.165, 1.54) is 0 Å². The van der Waals surface area contributed by atoms with Crippen LogP contribution in [0, 0.1) is 5.92 Å². The number of nitrogens with one attached hydrogen (secondary N) is 1. The molecule has 0 saturated carbocycles. The summed E-state index contributed by atoms with van der Waals surface area (Å²) in [6.45, 7) is 3.67. The molecule has 0 spiro atoms. The third kappa shape index (κ3) is 3.08. The van der Waals surface area contributed by atoms with E-state index in [1.807, 2.05) is 19.9 Å². The zero-order chi connectivity index (χ0) is 12.1. The Bertz CT molecular complexity index is 374. The minimum atomic E-state index is -0.632. The minimum Gasteiger partial charge on any atom is -0.368 e. The monoisotopic (exact) mass is 220 g/mol. The van der Waals surface area contributed by atoms with Crippen LogP contribution in [0.3, 0.4) is 0 Å². The van der Waals surface area contributed by atoms with E-state index in [1.54, 1.807) is 24.3 Å². The zero-order valence-electron chi connectivity index (χ0n) is 9.44. The third-order valence-electron chi connectivity index (χ3n) is 2.30. The molecule has 0 fully saturated rings. The highest BCUT2D eigenvalue weighted by Gasteiger charge is 2.21. The zero-order valence-corrected chi connectivity index (χ0v) is 9.44. The molecule has 0 aliphatic carbocycles. The number of hydrogen-bond donors (Lipinski definition) is 2. The number of rotatable bonds is 4. The van der Waals surface area contributed by atoms with E-state index in [0.29, 0.717) is 5.56 Å². The van der Waals surface area contributed by atoms with Crippen molar-refractivity contribution in [1.29, 1.82) is 0 Å². The molecule has 1 atom stereocenters. The largest absolute Gasteiger partial charge is 0.368 e. The number of nitrogens with two attached hydrogens (primary N) is 1. The molecule has 0 aromatic heterocycles. The fraction of sp³-hybridized carbons (Fsp3) is 0.333. The maximum absolute atomic E-state index is 11.7. The molecular formula is C12H16N2O2. The lowest BCUT2D eigenvalue weighted by Crippen LogP contribution is -2.47. The van der Waals surface area contributed by atoms with Gasteiger partial charge in [-0.2, -0.15) is 0 Å². The second-order valence-electron chi connectivity index (χ2n) is 3.96. The van der Waals surface area contributed by atoms with Gasteiger partial charge in [-0.05, 0) is 18.1 Å². The Kier molecular flexibility index (Phi) is 4.05. The van der Waals surface area contributed by atoms with Crippen LogP contribution in [-0.4, -0.2) is 17.9 Å². The van der Waals surface area contributed by atoms with Crippen LogP contribution in [0.5, 0.6) is 0 Å². The normalized spacial score (nSPS) is 12.2. The van der Waals surface area contributed by atoms with Crippen LogP contribution in [-0.2, 0) is 4.79 Å². The Morgan fingerprint density at radius 2 is 1.75 bits per heavy atom. The molecule has 1 rings (SSSR count). The lowest BCUT2D eigenvalue weighted by Gasteiger charge is -2.18. The molecule has 0 bridgehead atoms. The van der Waals surface area contributed by atoms with Crippen LogP contribution in [0.1, 0.15) is 24.2 Å². The molecule has 3 N–H and O–H groups in total. The van der Waals surface area contributed by atoms with Crippen molar-refractivity contribution in [3.63, 3.8) is 0 Å². The molecular weight excluding hydrogens is 204 g/mol. The number of primary amides is 1. The summed E-state index contributed by atoms with van der Waals surface area (Å²) < 4.78 is 0. The topological polar surface area (TPSA) is 72.2 Å². The van der Waals surface area contributed by atoms with Crippen molar-refractivity contribution in [3.05, 3.63) is 35.9 Å². The van der Waals surface area contributed by atoms with Crippen molar-refractivity contribution in [2.45, 2.75) is 19.9 Å². The van der Waals surface area contributed by atoms with Crippen molar-refractivity contribution in [3.8, 4) is 0 Å². The summed E-state index contributed by atoms with van der Waals surface area (Å²) in [4.78, 5) is 22.9. The predicted molar refractivity (Wildman–Crippen MR) is 61.7 cm³/mol. The minimum absolute atomic E-state index is 0.0230. The van der Waals surface area contributed by atoms with Crippen molar-refractivity contribution in [2.75, 3.05) is 0 Å². The van der Waals surface area contributed by atoms with Crippen LogP contribution < -0.4 is 11.1 Å². The second-order valence-corrected chi connectivity index (χ2v) is 3.96. The van der Waals surface area contributed by atoms with Gasteiger partial charge in [-0.15, -0.1) is 0 Å². The number of carbonyl (C=O) groups excluding carboxylic acids is 2. The summed E-state index contributed by atoms with van der Waals surface area (Å²) in [5, 5.41) is 2.62. The van der Waals surface area contributed by atoms with E-state index in [0.717, 1.165) is 0 Å². The Morgan fingerprint density at radius 1 is 1.19 bits per heavy atom. The quantitative estimate of drug-likeness (QED) is 0.792. The predicted octanol–water partition coefficient (Wildman–Crippen LogP) is 0.926. The summed E-state index contributed by atoms with van der Waals surface area (Å²) in [5.41, 5.74) is 5.73. The maximum Gasteiger partial charge on any atom is 0.251 e. The molecule has 0 heterocycles. The lowest BCUT2D eigenvalue weighted by molar-refractivity contribution is -0.120. The van der Waals surface area contributed by atoms with E-state index in [-0.39, 0.29) is 11.8 Å². The molecule has 1 aromatic rings. The summed E-state index contributed by atoms with van der Waals surface area (Å²) in [6, 6.07) is 8.10. The van der Waals surface area contributed by atoms with Crippen LogP contribution >= 0.6 is 0 Å². The van der Waals surface area contributed by atoms with Gasteiger partial charge in [-0.25, -0.2) is 0 Å². The smallest absolute Gasteiger partial charge is 0.251 e. The molecule has 0 radical (unpaired) electrons. The van der Waals surface area contributed by atoms with E-state index in [4.69, 9.17) is 5.73 Å². The van der Waals surface area contributed by atoms with E-state index in [2.05, 4.69) is 5.32 Å². The number of amides is 2. The first kappa shape index (κ1) is 12.2. The first-order valence-corrected chi connectivity index (χ1v) is 5.17. The molecule has 0 unspecified atom stereocenters. The number of benzene rings is 1. The second kappa shape index (κ2) is 5.30. The molecule has 16 heavy (non-hydrogen) atoms. The molecule has 86 valence electrons. The lowest BCUT2D eigenvalue weighted by atomic mass is 10.0. The Morgan fingerprint density at radius 3 is 2.19 bits per heavy atom. The highest BCUT2D eigenvalue weighted by atomic mass is 16.2. The summed E-state index contributed by atoms with van der Waals surface area (Å²) in [5.74, 6) is -0.817. The van der Waals surface area contributed by atoms with E-state index in [9.17, 15) is 9.59 Å². The average Bonchev–Trinajstić information content (AvgIpc) is 2.25. The van der Waals surface area contributed by atoms with Gasteiger partial charge < -0.3 is 11.1 Å². The van der Waals surface area contributed by atoms with Crippen LogP contribution in [0.25, 0.3) is 0 Å². The first-order valence-electron chi connectivity index (χ1n) is 5.17. The molecule has 0 saturated heterocycles. The van der Waals surface area contributed by atoms with Crippen LogP contribution in [0.4, 0.5) is 0 Å². The van der Waals surface area contributed by atoms with Gasteiger partial charge in [0.2, 0.25) is 5.91 Å². The van der Waals surface area contributed by atoms with Crippen molar-refractivity contribution in [1.82, 2.24) is 5.32 Å². The van der Waals surface area contributed by atoms with Gasteiger partial charge >= 0.3 is 0 Å². The summed E-state index contributed by atoms with van der Waals surface area (Å²) in [6.07, 6.45) is 0. The Labute approximate surface area is 94.8 Å². The van der Waals surface area contributed by atoms with Gasteiger partial charge in [0.15, 0.2) is 0 Å². The number of hydrogen-bond acceptors (Lipinski definition) is 2. The maximum atomic E-state index is 11.7. The highest BCUT2D eigenvalue weighted by molar-refractivity contribution is 5.97. The van der Waals surface area contributed by atoms with E-state index >= 15 is 0 Å². The third-order valence-corrected chi connectivity index (χ3v) is 2.30. The van der Waals surface area contributed by atoms with Gasteiger partial charge in [0.1, 0.15) is 6.04 Å². The van der Waals surface area contributed by atoms with Crippen molar-refractivity contribution in [2.24, 2.45) is 11.7 Å². The molecule has 0 aliphatic heterocycles. The average molecular weight is 220 g/mol. The fourth-order valence-electron chi connectivity index (χ4n) is 1.38. The number of carbonyl (C=O) groups is 2. The standard InChI is InChI=1S/C12H16N2O2/c1-8(2)10(11(13)15)14-12(16)9-6-4-3-5-7-9/h3-8,10H,1-2H3,(H2,13,15)(H,14,16)/t10-/m1/s1. The first-order chi connectivity index (χ1) is 7.52. The SMILES string of the molecule is CC(C)[C@@H](NC(=O)c1ccccc1)C(N)=O. The summed E-state index contributed by atoms with van der Waals surface area (Å²) >= 11 is 0. The Hall–Kier alpha value is -1.84. The molecule has 2 amide bonds. The summed E-state index contributed by atoms with van der Waals surface area (Å²) in [7, 11) is 0. The van der Waals surface area contributed by atoms with Crippen LogP contribution in [0.2, 0.25) is 0 Å². The fourth-order valence-corrected chi connectivity index (χ4v) is 1.38. The van der Waals surface area contributed by atoms with Crippen LogP contribution in [0.15, 0.2) is 30.3 Å². The molecule has 1 aromatic carbocycles. The van der Waals surface area contributed by atoms with E-state index < -0.39 is 11.9 Å². The highest BCUT2D eigenvalue weighted by Crippen LogP contribution is 2.04. The molecule has 4 nitrogen and oxygen atoms in total. The van der Waals surface area contributed by atoms with Gasteiger partial charge in [0.05, 0.1) is 0 Å². The van der Waals surface area contributed by atoms with Crippen molar-refractivity contribution < 1.29 is 9.59 Å². The van der Waals surface area contributed by atoms with Gasteiger partial charge in [-0.3, -0.25) is 9.59 Å². The van der Waals surface area contributed by atoms with Gasteiger partial charge in [-0.1, -0.05) is 32.0 Å². The van der Waals surface area contributed by atoms with Crippen molar-refractivity contribution >= 4 is 11.8 Å². The van der Waals surface area contributed by atoms with Gasteiger partial charge in [0.25, 0.3) is 5.91 Å².